The second-order valence-electron chi connectivity index (χ2n) is 5.30. The maximum absolute atomic E-state index is 5.85. The summed E-state index contributed by atoms with van der Waals surface area (Å²) in [4.78, 5) is 0. The number of hydrogen-bond acceptors (Lipinski definition) is 2. The molecule has 1 atom stereocenters. The SMILES string of the molecule is C#CCC(CCC)c1ccc(OCCC)c(OCCC)c1. The van der Waals surface area contributed by atoms with E-state index in [0.29, 0.717) is 19.1 Å². The van der Waals surface area contributed by atoms with E-state index in [-0.39, 0.29) is 0 Å². The zero-order valence-corrected chi connectivity index (χ0v) is 13.7. The summed E-state index contributed by atoms with van der Waals surface area (Å²) in [6, 6.07) is 6.26. The van der Waals surface area contributed by atoms with E-state index in [4.69, 9.17) is 15.9 Å². The Kier molecular flexibility index (Phi) is 8.43. The molecule has 0 aliphatic carbocycles. The Bertz CT molecular complexity index is 445. The van der Waals surface area contributed by atoms with Gasteiger partial charge in [0, 0.05) is 6.42 Å². The highest BCUT2D eigenvalue weighted by Gasteiger charge is 2.13. The highest BCUT2D eigenvalue weighted by atomic mass is 16.5. The lowest BCUT2D eigenvalue weighted by Gasteiger charge is -2.18. The highest BCUT2D eigenvalue weighted by Crippen LogP contribution is 2.34. The molecule has 0 fully saturated rings. The molecule has 2 heteroatoms. The van der Waals surface area contributed by atoms with Gasteiger partial charge >= 0.3 is 0 Å². The molecule has 1 unspecified atom stereocenters. The van der Waals surface area contributed by atoms with Crippen molar-refractivity contribution in [2.24, 2.45) is 0 Å². The van der Waals surface area contributed by atoms with Crippen molar-refractivity contribution in [1.82, 2.24) is 0 Å². The first-order valence-electron chi connectivity index (χ1n) is 8.09. The van der Waals surface area contributed by atoms with Crippen LogP contribution in [0, 0.1) is 12.3 Å². The third-order valence-electron chi connectivity index (χ3n) is 3.36. The molecule has 0 saturated heterocycles. The van der Waals surface area contributed by atoms with E-state index in [1.54, 1.807) is 0 Å². The first-order chi connectivity index (χ1) is 10.3. The van der Waals surface area contributed by atoms with Crippen molar-refractivity contribution in [2.75, 3.05) is 13.2 Å². The quantitative estimate of drug-likeness (QED) is 0.553. The summed E-state index contributed by atoms with van der Waals surface area (Å²) in [7, 11) is 0. The second-order valence-corrected chi connectivity index (χ2v) is 5.30. The number of ether oxygens (including phenoxy) is 2. The molecule has 1 aromatic rings. The fourth-order valence-corrected chi connectivity index (χ4v) is 2.31. The van der Waals surface area contributed by atoms with E-state index in [1.165, 1.54) is 5.56 Å². The average Bonchev–Trinajstić information content (AvgIpc) is 2.51. The second kappa shape index (κ2) is 10.2. The highest BCUT2D eigenvalue weighted by molar-refractivity contribution is 5.44. The molecule has 2 nitrogen and oxygen atoms in total. The van der Waals surface area contributed by atoms with E-state index >= 15 is 0 Å². The molecule has 0 aliphatic rings. The van der Waals surface area contributed by atoms with Crippen LogP contribution in [0.15, 0.2) is 18.2 Å². The molecule has 0 amide bonds. The Morgan fingerprint density at radius 2 is 1.67 bits per heavy atom. The minimum absolute atomic E-state index is 0.407. The first kappa shape index (κ1) is 17.4. The summed E-state index contributed by atoms with van der Waals surface area (Å²) < 4.78 is 11.6. The van der Waals surface area contributed by atoms with Gasteiger partial charge in [0.15, 0.2) is 11.5 Å². The summed E-state index contributed by atoms with van der Waals surface area (Å²) in [5.74, 6) is 4.88. The van der Waals surface area contributed by atoms with Gasteiger partial charge in [0.25, 0.3) is 0 Å². The maximum atomic E-state index is 5.85. The van der Waals surface area contributed by atoms with Crippen molar-refractivity contribution in [3.63, 3.8) is 0 Å². The Hall–Kier alpha value is -1.62. The Morgan fingerprint density at radius 3 is 2.24 bits per heavy atom. The van der Waals surface area contributed by atoms with Gasteiger partial charge in [-0.25, -0.2) is 0 Å². The normalized spacial score (nSPS) is 11.7. The molecule has 0 saturated carbocycles. The van der Waals surface area contributed by atoms with E-state index < -0.39 is 0 Å². The van der Waals surface area contributed by atoms with Crippen LogP contribution < -0.4 is 9.47 Å². The third kappa shape index (κ3) is 5.71. The Morgan fingerprint density at radius 1 is 1.00 bits per heavy atom. The molecule has 116 valence electrons. The molecule has 0 heterocycles. The zero-order valence-electron chi connectivity index (χ0n) is 13.7. The predicted molar refractivity (Wildman–Crippen MR) is 89.1 cm³/mol. The first-order valence-corrected chi connectivity index (χ1v) is 8.09. The minimum atomic E-state index is 0.407. The van der Waals surface area contributed by atoms with Gasteiger partial charge in [-0.15, -0.1) is 12.3 Å². The predicted octanol–water partition coefficient (Wildman–Crippen LogP) is 5.17. The van der Waals surface area contributed by atoms with Crippen LogP contribution in [0.25, 0.3) is 0 Å². The topological polar surface area (TPSA) is 18.5 Å². The van der Waals surface area contributed by atoms with Crippen LogP contribution in [-0.4, -0.2) is 13.2 Å². The summed E-state index contributed by atoms with van der Waals surface area (Å²) >= 11 is 0. The van der Waals surface area contributed by atoms with Crippen molar-refractivity contribution in [3.05, 3.63) is 23.8 Å². The fraction of sp³-hybridized carbons (Fsp3) is 0.579. The van der Waals surface area contributed by atoms with Crippen LogP contribution in [0.3, 0.4) is 0 Å². The number of benzene rings is 1. The Balaban J connectivity index is 2.97. The van der Waals surface area contributed by atoms with Gasteiger partial charge < -0.3 is 9.47 Å². The van der Waals surface area contributed by atoms with Gasteiger partial charge in [0.2, 0.25) is 0 Å². The van der Waals surface area contributed by atoms with Crippen LogP contribution in [0.4, 0.5) is 0 Å². The number of hydrogen-bond donors (Lipinski definition) is 0. The molecular formula is C19H28O2. The lowest BCUT2D eigenvalue weighted by Crippen LogP contribution is -2.04. The fourth-order valence-electron chi connectivity index (χ4n) is 2.31. The summed E-state index contributed by atoms with van der Waals surface area (Å²) in [6.45, 7) is 7.82. The molecule has 0 aliphatic heterocycles. The lowest BCUT2D eigenvalue weighted by molar-refractivity contribution is 0.268. The summed E-state index contributed by atoms with van der Waals surface area (Å²) in [5, 5.41) is 0. The molecule has 0 bridgehead atoms. The van der Waals surface area contributed by atoms with E-state index in [0.717, 1.165) is 43.6 Å². The van der Waals surface area contributed by atoms with Crippen LogP contribution in [-0.2, 0) is 0 Å². The van der Waals surface area contributed by atoms with Crippen LogP contribution in [0.2, 0.25) is 0 Å². The van der Waals surface area contributed by atoms with Crippen molar-refractivity contribution < 1.29 is 9.47 Å². The molecule has 1 rings (SSSR count). The van der Waals surface area contributed by atoms with Gasteiger partial charge in [-0.1, -0.05) is 33.3 Å². The third-order valence-corrected chi connectivity index (χ3v) is 3.36. The standard InChI is InChI=1S/C19H28O2/c1-5-9-16(10-6-2)17-11-12-18(20-13-7-3)19(15-17)21-14-8-4/h1,11-12,15-16H,6-10,13-14H2,2-4H3. The van der Waals surface area contributed by atoms with Crippen LogP contribution >= 0.6 is 0 Å². The molecule has 0 spiro atoms. The van der Waals surface area contributed by atoms with Gasteiger partial charge in [-0.05, 0) is 42.9 Å². The lowest BCUT2D eigenvalue weighted by atomic mass is 9.91. The van der Waals surface area contributed by atoms with Crippen molar-refractivity contribution in [2.45, 2.75) is 58.8 Å². The van der Waals surface area contributed by atoms with Crippen molar-refractivity contribution in [3.8, 4) is 23.8 Å². The minimum Gasteiger partial charge on any atom is -0.490 e. The van der Waals surface area contributed by atoms with Gasteiger partial charge in [-0.2, -0.15) is 0 Å². The molecule has 0 aromatic heterocycles. The zero-order chi connectivity index (χ0) is 15.5. The Labute approximate surface area is 129 Å². The number of terminal acetylenes is 1. The average molecular weight is 288 g/mol. The molecule has 1 aromatic carbocycles. The smallest absolute Gasteiger partial charge is 0.161 e. The summed E-state index contributed by atoms with van der Waals surface area (Å²) in [5.41, 5.74) is 1.25. The summed E-state index contributed by atoms with van der Waals surface area (Å²) in [6.07, 6.45) is 10.5. The largest absolute Gasteiger partial charge is 0.490 e. The molecule has 0 N–H and O–H groups in total. The van der Waals surface area contributed by atoms with Crippen LogP contribution in [0.5, 0.6) is 11.5 Å². The molecular weight excluding hydrogens is 260 g/mol. The monoisotopic (exact) mass is 288 g/mol. The molecule has 21 heavy (non-hydrogen) atoms. The van der Waals surface area contributed by atoms with Gasteiger partial charge in [-0.3, -0.25) is 0 Å². The van der Waals surface area contributed by atoms with Crippen molar-refractivity contribution >= 4 is 0 Å². The van der Waals surface area contributed by atoms with E-state index in [9.17, 15) is 0 Å². The van der Waals surface area contributed by atoms with Gasteiger partial charge in [0.05, 0.1) is 13.2 Å². The van der Waals surface area contributed by atoms with Gasteiger partial charge in [0.1, 0.15) is 0 Å². The number of rotatable bonds is 10. The van der Waals surface area contributed by atoms with E-state index in [2.05, 4.69) is 38.8 Å². The van der Waals surface area contributed by atoms with Crippen molar-refractivity contribution in [1.29, 1.82) is 0 Å². The van der Waals surface area contributed by atoms with E-state index in [1.807, 2.05) is 6.07 Å². The maximum Gasteiger partial charge on any atom is 0.161 e. The molecule has 0 radical (unpaired) electrons. The van der Waals surface area contributed by atoms with Crippen LogP contribution in [0.1, 0.15) is 64.4 Å².